The molecule has 0 aromatic carbocycles. The van der Waals surface area contributed by atoms with Crippen LogP contribution in [-0.2, 0) is 17.5 Å². The average molecular weight is 264 g/mol. The molecule has 0 radical (unpaired) electrons. The number of hydrogen-bond acceptors (Lipinski definition) is 4. The van der Waals surface area contributed by atoms with Gasteiger partial charge in [-0.05, 0) is 6.07 Å². The molecule has 1 N–H and O–H groups in total. The van der Waals surface area contributed by atoms with Crippen LogP contribution in [0.15, 0.2) is 6.07 Å². The molecule has 5 nitrogen and oxygen atoms in total. The summed E-state index contributed by atoms with van der Waals surface area (Å²) in [6, 6.07) is 1.45. The van der Waals surface area contributed by atoms with Crippen LogP contribution in [0.1, 0.15) is 11.5 Å². The van der Waals surface area contributed by atoms with E-state index in [1.165, 1.54) is 13.2 Å². The normalized spacial score (nSPS) is 12.2. The highest BCUT2D eigenvalue weighted by Gasteiger charge is 2.35. The number of nitrogens with one attached hydrogen (secondary N) is 1. The molecule has 0 saturated carbocycles. The Morgan fingerprint density at radius 3 is 2.76 bits per heavy atom. The lowest BCUT2D eigenvalue weighted by atomic mass is 10.4. The van der Waals surface area contributed by atoms with E-state index >= 15 is 0 Å². The largest absolute Gasteiger partial charge is 0.451 e. The van der Waals surface area contributed by atoms with Crippen LogP contribution in [0.2, 0.25) is 0 Å². The number of ether oxygens (including phenoxy) is 1. The highest BCUT2D eigenvalue weighted by atomic mass is 32.1. The Labute approximate surface area is 98.2 Å². The fourth-order valence-electron chi connectivity index (χ4n) is 1.28. The molecule has 0 aliphatic rings. The smallest absolute Gasteiger partial charge is 0.378 e. The Morgan fingerprint density at radius 2 is 2.18 bits per heavy atom. The van der Waals surface area contributed by atoms with Crippen molar-refractivity contribution in [3.8, 4) is 0 Å². The zero-order chi connectivity index (χ0) is 12.6. The van der Waals surface area contributed by atoms with Gasteiger partial charge < -0.3 is 4.74 Å². The van der Waals surface area contributed by atoms with Crippen LogP contribution in [0.4, 0.5) is 13.2 Å². The quantitative estimate of drug-likeness (QED) is 0.842. The molecule has 2 aromatic rings. The average Bonchev–Trinajstić information content (AvgIpc) is 2.61. The van der Waals surface area contributed by atoms with Crippen molar-refractivity contribution in [2.24, 2.45) is 0 Å². The molecule has 0 fully saturated rings. The van der Waals surface area contributed by atoms with Crippen molar-refractivity contribution in [3.63, 3.8) is 0 Å². The maximum absolute atomic E-state index is 12.4. The van der Waals surface area contributed by atoms with Crippen molar-refractivity contribution < 1.29 is 17.9 Å². The molecule has 2 aromatic heterocycles. The van der Waals surface area contributed by atoms with Crippen LogP contribution >= 0.6 is 12.2 Å². The summed E-state index contributed by atoms with van der Waals surface area (Å²) in [7, 11) is 1.45. The van der Waals surface area contributed by atoms with Crippen molar-refractivity contribution in [3.05, 3.63) is 22.2 Å². The summed E-state index contributed by atoms with van der Waals surface area (Å²) in [6.45, 7) is 0.161. The molecule has 17 heavy (non-hydrogen) atoms. The van der Waals surface area contributed by atoms with Crippen LogP contribution < -0.4 is 0 Å². The first-order valence-electron chi connectivity index (χ1n) is 4.46. The Kier molecular flexibility index (Phi) is 2.87. The summed E-state index contributed by atoms with van der Waals surface area (Å²) in [4.78, 5) is 7.23. The number of aromatic amines is 1. The van der Waals surface area contributed by atoms with Gasteiger partial charge in [0.2, 0.25) is 5.82 Å². The van der Waals surface area contributed by atoms with Crippen LogP contribution in [0.3, 0.4) is 0 Å². The third-order valence-corrected chi connectivity index (χ3v) is 2.24. The summed E-state index contributed by atoms with van der Waals surface area (Å²) < 4.78 is 43.2. The van der Waals surface area contributed by atoms with E-state index in [0.717, 1.165) is 4.52 Å². The number of alkyl halides is 3. The molecule has 2 heterocycles. The zero-order valence-electron chi connectivity index (χ0n) is 8.58. The van der Waals surface area contributed by atoms with Gasteiger partial charge in [0.15, 0.2) is 0 Å². The first-order chi connectivity index (χ1) is 7.91. The first-order valence-corrected chi connectivity index (χ1v) is 4.87. The maximum Gasteiger partial charge on any atom is 0.451 e. The van der Waals surface area contributed by atoms with Gasteiger partial charge in [0.25, 0.3) is 5.78 Å². The van der Waals surface area contributed by atoms with Gasteiger partial charge in [-0.15, -0.1) is 0 Å². The predicted molar refractivity (Wildman–Crippen MR) is 53.9 cm³/mol. The third-order valence-electron chi connectivity index (χ3n) is 1.94. The van der Waals surface area contributed by atoms with E-state index < -0.39 is 12.0 Å². The van der Waals surface area contributed by atoms with Crippen molar-refractivity contribution in [1.82, 2.24) is 19.6 Å². The minimum absolute atomic E-state index is 0.128. The molecule has 0 atom stereocenters. The molecule has 9 heteroatoms. The minimum atomic E-state index is -4.56. The summed E-state index contributed by atoms with van der Waals surface area (Å²) in [5.41, 5.74) is 0.428. The zero-order valence-corrected chi connectivity index (χ0v) is 9.39. The van der Waals surface area contributed by atoms with Crippen LogP contribution in [-0.4, -0.2) is 26.7 Å². The molecule has 0 bridgehead atoms. The molecule has 0 unspecified atom stereocenters. The fourth-order valence-corrected chi connectivity index (χ4v) is 1.54. The van der Waals surface area contributed by atoms with Crippen molar-refractivity contribution in [2.75, 3.05) is 7.11 Å². The summed E-state index contributed by atoms with van der Waals surface area (Å²) >= 11 is 4.92. The number of hydrogen-bond donors (Lipinski definition) is 1. The van der Waals surface area contributed by atoms with E-state index in [2.05, 4.69) is 9.97 Å². The van der Waals surface area contributed by atoms with Gasteiger partial charge in [0, 0.05) is 7.11 Å². The van der Waals surface area contributed by atoms with Crippen LogP contribution in [0.25, 0.3) is 5.78 Å². The van der Waals surface area contributed by atoms with E-state index in [0.29, 0.717) is 5.69 Å². The molecule has 0 amide bonds. The monoisotopic (exact) mass is 264 g/mol. The molecular formula is C8H7F3N4OS. The Bertz CT molecular complexity index is 603. The fraction of sp³-hybridized carbons (Fsp3) is 0.375. The SMILES string of the molecule is COCc1cc(=S)n2[nH]c(C(F)(F)F)nc2n1. The minimum Gasteiger partial charge on any atom is -0.378 e. The number of rotatable bonds is 2. The Balaban J connectivity index is 2.61. The summed E-state index contributed by atoms with van der Waals surface area (Å²) in [5.74, 6) is -1.26. The number of methoxy groups -OCH3 is 1. The van der Waals surface area contributed by atoms with E-state index in [-0.39, 0.29) is 17.0 Å². The highest BCUT2D eigenvalue weighted by molar-refractivity contribution is 7.71. The van der Waals surface area contributed by atoms with Gasteiger partial charge in [-0.1, -0.05) is 12.2 Å². The first kappa shape index (κ1) is 12.0. The molecule has 0 saturated heterocycles. The van der Waals surface area contributed by atoms with Gasteiger partial charge in [-0.3, -0.25) is 5.10 Å². The van der Waals surface area contributed by atoms with Gasteiger partial charge in [-0.2, -0.15) is 18.2 Å². The van der Waals surface area contributed by atoms with Crippen molar-refractivity contribution >= 4 is 18.0 Å². The van der Waals surface area contributed by atoms with E-state index in [1.54, 1.807) is 0 Å². The second-order valence-electron chi connectivity index (χ2n) is 3.22. The highest BCUT2D eigenvalue weighted by Crippen LogP contribution is 2.26. The standard InChI is InChI=1S/C8H7F3N4OS/c1-16-3-4-2-5(17)15-7(12-4)13-6(14-15)8(9,10)11/h2H,3H2,1H3,(H,12,13,14). The summed E-state index contributed by atoms with van der Waals surface area (Å²) in [5, 5.41) is 2.05. The van der Waals surface area contributed by atoms with E-state index in [1.807, 2.05) is 5.10 Å². The second-order valence-corrected chi connectivity index (χ2v) is 3.64. The number of H-pyrrole nitrogens is 1. The molecule has 0 spiro atoms. The number of halogens is 3. The predicted octanol–water partition coefficient (Wildman–Crippen LogP) is 1.95. The van der Waals surface area contributed by atoms with Gasteiger partial charge in [0.05, 0.1) is 12.3 Å². The van der Waals surface area contributed by atoms with Gasteiger partial charge in [0.1, 0.15) is 4.64 Å². The number of fused-ring (bicyclic) bond motifs is 1. The molecule has 92 valence electrons. The molecular weight excluding hydrogens is 257 g/mol. The topological polar surface area (TPSA) is 55.2 Å². The second kappa shape index (κ2) is 4.08. The van der Waals surface area contributed by atoms with Gasteiger partial charge >= 0.3 is 6.18 Å². The van der Waals surface area contributed by atoms with E-state index in [9.17, 15) is 13.2 Å². The Hall–Kier alpha value is -1.48. The third kappa shape index (κ3) is 2.29. The summed E-state index contributed by atoms with van der Waals surface area (Å²) in [6.07, 6.45) is -4.56. The lowest BCUT2D eigenvalue weighted by Gasteiger charge is -1.99. The Morgan fingerprint density at radius 1 is 1.47 bits per heavy atom. The molecule has 0 aliphatic carbocycles. The lowest BCUT2D eigenvalue weighted by molar-refractivity contribution is -0.144. The van der Waals surface area contributed by atoms with Crippen molar-refractivity contribution in [1.29, 1.82) is 0 Å². The van der Waals surface area contributed by atoms with Gasteiger partial charge in [-0.25, -0.2) is 9.50 Å². The van der Waals surface area contributed by atoms with E-state index in [4.69, 9.17) is 17.0 Å². The van der Waals surface area contributed by atoms with Crippen molar-refractivity contribution in [2.45, 2.75) is 12.8 Å². The molecule has 0 aliphatic heterocycles. The lowest BCUT2D eigenvalue weighted by Crippen LogP contribution is -2.07. The number of nitrogens with zero attached hydrogens (tertiary/aromatic N) is 3. The van der Waals surface area contributed by atoms with Crippen LogP contribution in [0.5, 0.6) is 0 Å². The molecule has 2 rings (SSSR count). The number of aromatic nitrogens is 4. The maximum atomic E-state index is 12.4. The van der Waals surface area contributed by atoms with Crippen LogP contribution in [0, 0.1) is 4.64 Å².